The van der Waals surface area contributed by atoms with Crippen LogP contribution in [0.4, 0.5) is 0 Å². The highest BCUT2D eigenvalue weighted by atomic mass is 14.6. The zero-order valence-electron chi connectivity index (χ0n) is 36.1. The second kappa shape index (κ2) is 15.0. The van der Waals surface area contributed by atoms with Crippen molar-refractivity contribution in [3.05, 3.63) is 230 Å². The maximum atomic E-state index is 4.27. The van der Waals surface area contributed by atoms with E-state index in [9.17, 15) is 0 Å². The number of aromatic nitrogens is 1. The molecule has 0 aliphatic heterocycles. The number of rotatable bonds is 6. The van der Waals surface area contributed by atoms with Crippen LogP contribution in [0.1, 0.15) is 25.3 Å². The predicted octanol–water partition coefficient (Wildman–Crippen LogP) is 17.9. The van der Waals surface area contributed by atoms with Crippen molar-refractivity contribution in [1.29, 1.82) is 0 Å². The first-order chi connectivity index (χ1) is 32.1. The van der Waals surface area contributed by atoms with Crippen molar-refractivity contribution >= 4 is 70.2 Å². The first-order valence-corrected chi connectivity index (χ1v) is 22.8. The van der Waals surface area contributed by atoms with E-state index in [0.717, 1.165) is 12.8 Å². The zero-order valence-corrected chi connectivity index (χ0v) is 36.1. The molecular weight excluding hydrogens is 783 g/mol. The van der Waals surface area contributed by atoms with Crippen molar-refractivity contribution in [1.82, 2.24) is 4.98 Å². The van der Waals surface area contributed by atoms with Crippen LogP contribution >= 0.6 is 0 Å². The van der Waals surface area contributed by atoms with Gasteiger partial charge in [0.2, 0.25) is 0 Å². The fourth-order valence-corrected chi connectivity index (χ4v) is 10.8. The third-order valence-corrected chi connectivity index (χ3v) is 14.1. The van der Waals surface area contributed by atoms with Crippen molar-refractivity contribution in [2.24, 2.45) is 0 Å². The highest BCUT2D eigenvalue weighted by molar-refractivity contribution is 6.28. The molecule has 12 aromatic rings. The van der Waals surface area contributed by atoms with Crippen LogP contribution in [-0.2, 0) is 0 Å². The molecule has 11 aromatic carbocycles. The monoisotopic (exact) mass is 825 g/mol. The van der Waals surface area contributed by atoms with Crippen LogP contribution in [0.5, 0.6) is 0 Å². The van der Waals surface area contributed by atoms with E-state index in [1.165, 1.54) is 137 Å². The Morgan fingerprint density at radius 3 is 1.26 bits per heavy atom. The van der Waals surface area contributed by atoms with E-state index in [0.29, 0.717) is 0 Å². The lowest BCUT2D eigenvalue weighted by Gasteiger charge is -2.17. The summed E-state index contributed by atoms with van der Waals surface area (Å²) in [5.74, 6) is 0. The molecule has 13 rings (SSSR count). The van der Waals surface area contributed by atoms with Crippen molar-refractivity contribution in [3.8, 4) is 55.6 Å². The highest BCUT2D eigenvalue weighted by Crippen LogP contribution is 2.45. The largest absolute Gasteiger partial charge is 0.265 e. The quantitative estimate of drug-likeness (QED) is 0.152. The molecule has 0 N–H and O–H groups in total. The fourth-order valence-electron chi connectivity index (χ4n) is 10.8. The van der Waals surface area contributed by atoms with Crippen molar-refractivity contribution in [2.45, 2.75) is 19.8 Å². The molecule has 0 unspecified atom stereocenters. The summed E-state index contributed by atoms with van der Waals surface area (Å²) in [6.07, 6.45) is 15.2. The summed E-state index contributed by atoms with van der Waals surface area (Å²) < 4.78 is 0. The molecule has 0 saturated carbocycles. The second-order valence-electron chi connectivity index (χ2n) is 17.8. The summed E-state index contributed by atoms with van der Waals surface area (Å²) in [6.45, 7) is 2.23. The molecular formula is C64H43N. The molecule has 0 radical (unpaired) electrons. The first kappa shape index (κ1) is 37.4. The Balaban J connectivity index is 0.844. The average molecular weight is 826 g/mol. The molecule has 1 aliphatic carbocycles. The number of nitrogens with zero attached hydrogens (tertiary/aromatic N) is 1. The summed E-state index contributed by atoms with van der Waals surface area (Å²) in [4.78, 5) is 4.27. The lowest BCUT2D eigenvalue weighted by atomic mass is 9.86. The minimum atomic E-state index is 1.08. The lowest BCUT2D eigenvalue weighted by Crippen LogP contribution is -1.92. The summed E-state index contributed by atoms with van der Waals surface area (Å²) in [5, 5.41) is 15.6. The molecule has 0 bridgehead atoms. The Hall–Kier alpha value is -8.13. The smallest absolute Gasteiger partial charge is 0.0273 e. The standard InChI is InChI=1S/C64H43N/c1-40-6-2-3-7-43(13-12-40)53-26-18-45-24-32-59-55(28-20-47-22-30-57(53)61(45)63(47)59)51-10-4-8-49(38-51)41-14-16-42(17-15-41)50-9-5-11-52(39-50)56-29-21-48-23-31-58-54(44-34-36-65-37-35-44)27-19-46-25-33-60(56)64(48)62(46)58/h3-5,7-39H,2,6H2,1H3/b7-3-,40-12+,43-13+. The van der Waals surface area contributed by atoms with Crippen molar-refractivity contribution in [3.63, 3.8) is 0 Å². The van der Waals surface area contributed by atoms with Crippen LogP contribution in [-0.4, -0.2) is 4.98 Å². The van der Waals surface area contributed by atoms with E-state index in [1.807, 2.05) is 12.4 Å². The van der Waals surface area contributed by atoms with E-state index >= 15 is 0 Å². The molecule has 304 valence electrons. The van der Waals surface area contributed by atoms with Gasteiger partial charge in [0.05, 0.1) is 0 Å². The van der Waals surface area contributed by atoms with Crippen LogP contribution in [0.15, 0.2) is 224 Å². The maximum Gasteiger partial charge on any atom is 0.0273 e. The van der Waals surface area contributed by atoms with Crippen LogP contribution in [0.3, 0.4) is 0 Å². The summed E-state index contributed by atoms with van der Waals surface area (Å²) in [6, 6.07) is 68.2. The van der Waals surface area contributed by atoms with Gasteiger partial charge in [-0.1, -0.05) is 188 Å². The number of allylic oxidation sites excluding steroid dienone is 6. The molecule has 1 heterocycles. The number of pyridine rings is 1. The Labute approximate surface area is 378 Å². The lowest BCUT2D eigenvalue weighted by molar-refractivity contribution is 0.976. The second-order valence-corrected chi connectivity index (χ2v) is 17.8. The van der Waals surface area contributed by atoms with Gasteiger partial charge in [-0.25, -0.2) is 0 Å². The minimum absolute atomic E-state index is 1.08. The Bertz CT molecular complexity index is 3920. The maximum absolute atomic E-state index is 4.27. The Morgan fingerprint density at radius 2 is 0.769 bits per heavy atom. The van der Waals surface area contributed by atoms with Crippen molar-refractivity contribution < 1.29 is 0 Å². The van der Waals surface area contributed by atoms with Gasteiger partial charge in [-0.15, -0.1) is 0 Å². The molecule has 1 nitrogen and oxygen atoms in total. The Kier molecular flexibility index (Phi) is 8.64. The van der Waals surface area contributed by atoms with Gasteiger partial charge in [-0.3, -0.25) is 4.98 Å². The van der Waals surface area contributed by atoms with Gasteiger partial charge >= 0.3 is 0 Å². The van der Waals surface area contributed by atoms with E-state index in [4.69, 9.17) is 0 Å². The van der Waals surface area contributed by atoms with E-state index < -0.39 is 0 Å². The number of hydrogen-bond acceptors (Lipinski definition) is 1. The molecule has 1 heteroatoms. The fraction of sp³-hybridized carbons (Fsp3) is 0.0469. The average Bonchev–Trinajstić information content (AvgIpc) is 3.36. The molecule has 0 saturated heterocycles. The van der Waals surface area contributed by atoms with Gasteiger partial charge in [0.1, 0.15) is 0 Å². The minimum Gasteiger partial charge on any atom is -0.265 e. The third-order valence-electron chi connectivity index (χ3n) is 14.1. The van der Waals surface area contributed by atoms with Crippen LogP contribution in [0.25, 0.3) is 126 Å². The number of hydrogen-bond donors (Lipinski definition) is 0. The zero-order chi connectivity index (χ0) is 43.0. The topological polar surface area (TPSA) is 12.9 Å². The summed E-state index contributed by atoms with van der Waals surface area (Å²) in [7, 11) is 0. The molecule has 1 aromatic heterocycles. The van der Waals surface area contributed by atoms with Gasteiger partial charge in [-0.2, -0.15) is 0 Å². The van der Waals surface area contributed by atoms with E-state index in [2.05, 4.69) is 218 Å². The number of benzene rings is 11. The third kappa shape index (κ3) is 6.19. The van der Waals surface area contributed by atoms with Crippen molar-refractivity contribution in [2.75, 3.05) is 0 Å². The predicted molar refractivity (Wildman–Crippen MR) is 279 cm³/mol. The molecule has 65 heavy (non-hydrogen) atoms. The van der Waals surface area contributed by atoms with Gasteiger partial charge in [0.15, 0.2) is 0 Å². The van der Waals surface area contributed by atoms with Gasteiger partial charge in [0.25, 0.3) is 0 Å². The van der Waals surface area contributed by atoms with Crippen LogP contribution in [0.2, 0.25) is 0 Å². The molecule has 1 aliphatic rings. The molecule has 0 spiro atoms. The van der Waals surface area contributed by atoms with Crippen LogP contribution in [0, 0.1) is 0 Å². The first-order valence-electron chi connectivity index (χ1n) is 22.8. The molecule has 0 amide bonds. The highest BCUT2D eigenvalue weighted by Gasteiger charge is 2.18. The van der Waals surface area contributed by atoms with Gasteiger partial charge < -0.3 is 0 Å². The normalized spacial score (nSPS) is 15.4. The SMILES string of the molecule is C\C1=C/C=C(c2ccc3ccc4c(-c5cccc(-c6ccc(-c7cccc(-c8ccc9ccc%10c(-c%11ccncc%11)ccc%11ccc8c9c%11%10)c7)cc6)c5)ccc5ccc2c3c54)\C=C/CC1. The van der Waals surface area contributed by atoms with Crippen LogP contribution < -0.4 is 0 Å². The Morgan fingerprint density at radius 1 is 0.354 bits per heavy atom. The van der Waals surface area contributed by atoms with Gasteiger partial charge in [-0.05, 0) is 175 Å². The van der Waals surface area contributed by atoms with E-state index in [-0.39, 0.29) is 0 Å². The van der Waals surface area contributed by atoms with E-state index in [1.54, 1.807) is 0 Å². The van der Waals surface area contributed by atoms with Gasteiger partial charge in [0, 0.05) is 12.4 Å². The summed E-state index contributed by atoms with van der Waals surface area (Å²) >= 11 is 0. The summed E-state index contributed by atoms with van der Waals surface area (Å²) in [5.41, 5.74) is 16.2. The molecule has 0 fully saturated rings. The molecule has 0 atom stereocenters.